The molecule has 132 valence electrons. The van der Waals surface area contributed by atoms with Crippen LogP contribution in [0, 0.1) is 17.0 Å². The first-order valence-corrected chi connectivity index (χ1v) is 7.75. The van der Waals surface area contributed by atoms with Crippen LogP contribution in [0.5, 0.6) is 0 Å². The van der Waals surface area contributed by atoms with Crippen molar-refractivity contribution < 1.29 is 14.5 Å². The number of benzene rings is 1. The maximum absolute atomic E-state index is 12.4. The predicted octanol–water partition coefficient (Wildman–Crippen LogP) is 2.41. The van der Waals surface area contributed by atoms with Gasteiger partial charge >= 0.3 is 5.69 Å². The van der Waals surface area contributed by atoms with Gasteiger partial charge in [0.2, 0.25) is 5.69 Å². The van der Waals surface area contributed by atoms with Gasteiger partial charge in [-0.25, -0.2) is 0 Å². The van der Waals surface area contributed by atoms with E-state index in [2.05, 4.69) is 20.8 Å². The fourth-order valence-corrected chi connectivity index (χ4v) is 2.18. The summed E-state index contributed by atoms with van der Waals surface area (Å²) in [7, 11) is 0. The number of aromatic nitrogens is 2. The largest absolute Gasteiger partial charge is 0.350 e. The Morgan fingerprint density at radius 2 is 2.00 bits per heavy atom. The second-order valence-electron chi connectivity index (χ2n) is 5.59. The number of H-pyrrole nitrogens is 1. The van der Waals surface area contributed by atoms with E-state index in [-0.39, 0.29) is 40.3 Å². The highest BCUT2D eigenvalue weighted by molar-refractivity contribution is 6.09. The molecule has 0 unspecified atom stereocenters. The number of amides is 2. The Hall–Kier alpha value is -3.23. The number of aryl methyl sites for hydroxylation is 1. The lowest BCUT2D eigenvalue weighted by atomic mass is 10.1. The molecule has 0 radical (unpaired) electrons. The number of rotatable bonds is 6. The van der Waals surface area contributed by atoms with E-state index in [1.807, 2.05) is 13.8 Å². The van der Waals surface area contributed by atoms with Crippen molar-refractivity contribution in [3.8, 4) is 0 Å². The zero-order valence-corrected chi connectivity index (χ0v) is 14.1. The molecule has 1 aromatic carbocycles. The topological polar surface area (TPSA) is 130 Å². The predicted molar refractivity (Wildman–Crippen MR) is 91.6 cm³/mol. The van der Waals surface area contributed by atoms with E-state index >= 15 is 0 Å². The summed E-state index contributed by atoms with van der Waals surface area (Å²) in [6.07, 6.45) is 0.763. The van der Waals surface area contributed by atoms with Crippen molar-refractivity contribution in [1.82, 2.24) is 15.5 Å². The zero-order valence-electron chi connectivity index (χ0n) is 14.1. The molecule has 0 bridgehead atoms. The Morgan fingerprint density at radius 3 is 2.64 bits per heavy atom. The average Bonchev–Trinajstić information content (AvgIpc) is 2.97. The van der Waals surface area contributed by atoms with Crippen molar-refractivity contribution in [2.24, 2.45) is 0 Å². The third kappa shape index (κ3) is 4.00. The van der Waals surface area contributed by atoms with Gasteiger partial charge < -0.3 is 10.6 Å². The lowest BCUT2D eigenvalue weighted by Gasteiger charge is -2.14. The van der Waals surface area contributed by atoms with Gasteiger partial charge in [0.05, 0.1) is 16.2 Å². The minimum Gasteiger partial charge on any atom is -0.350 e. The highest BCUT2D eigenvalue weighted by atomic mass is 16.6. The van der Waals surface area contributed by atoms with Gasteiger partial charge in [-0.3, -0.25) is 24.8 Å². The van der Waals surface area contributed by atoms with E-state index < -0.39 is 10.8 Å². The molecule has 0 aliphatic heterocycles. The van der Waals surface area contributed by atoms with Crippen molar-refractivity contribution in [2.45, 2.75) is 33.2 Å². The Balaban J connectivity index is 2.28. The summed E-state index contributed by atoms with van der Waals surface area (Å²) in [6.45, 7) is 5.27. The van der Waals surface area contributed by atoms with Gasteiger partial charge in [-0.05, 0) is 32.4 Å². The number of aromatic amines is 1. The summed E-state index contributed by atoms with van der Waals surface area (Å²) in [6, 6.07) is 6.42. The number of carbonyl (C=O) groups excluding carboxylic acids is 2. The molecule has 0 aliphatic carbocycles. The molecule has 9 nitrogen and oxygen atoms in total. The second-order valence-corrected chi connectivity index (χ2v) is 5.59. The van der Waals surface area contributed by atoms with Gasteiger partial charge in [0.1, 0.15) is 5.69 Å². The van der Waals surface area contributed by atoms with Crippen LogP contribution in [0.25, 0.3) is 0 Å². The van der Waals surface area contributed by atoms with Crippen LogP contribution in [0.15, 0.2) is 24.3 Å². The van der Waals surface area contributed by atoms with Crippen molar-refractivity contribution in [3.05, 3.63) is 51.3 Å². The number of nitro groups is 1. The fraction of sp³-hybridized carbons (Fsp3) is 0.312. The van der Waals surface area contributed by atoms with E-state index in [0.717, 1.165) is 6.42 Å². The SMILES string of the molecule is CC[C@H](C)NC(=O)c1ccccc1NC(=O)c1n[nH]c(C)c1[N+](=O)[O-]. The standard InChI is InChI=1S/C16H19N5O4/c1-4-9(2)17-15(22)11-7-5-6-8-12(11)18-16(23)13-14(21(24)25)10(3)19-20-13/h5-9H,4H2,1-3H3,(H,17,22)(H,18,23)(H,19,20)/t9-/m0/s1. The monoisotopic (exact) mass is 345 g/mol. The van der Waals surface area contributed by atoms with Crippen LogP contribution in [-0.2, 0) is 0 Å². The first-order chi connectivity index (χ1) is 11.8. The Kier molecular flexibility index (Phi) is 5.48. The van der Waals surface area contributed by atoms with E-state index in [4.69, 9.17) is 0 Å². The summed E-state index contributed by atoms with van der Waals surface area (Å²) in [5.41, 5.74) is -0.0223. The Bertz CT molecular complexity index is 815. The molecule has 1 aromatic heterocycles. The van der Waals surface area contributed by atoms with E-state index in [1.54, 1.807) is 24.3 Å². The van der Waals surface area contributed by atoms with Crippen LogP contribution in [0.1, 0.15) is 46.8 Å². The number of hydrogen-bond donors (Lipinski definition) is 3. The van der Waals surface area contributed by atoms with Crippen LogP contribution in [0.2, 0.25) is 0 Å². The number of anilines is 1. The highest BCUT2D eigenvalue weighted by Gasteiger charge is 2.28. The maximum atomic E-state index is 12.4. The molecule has 3 N–H and O–H groups in total. The first kappa shape index (κ1) is 18.1. The van der Waals surface area contributed by atoms with Crippen molar-refractivity contribution in [2.75, 3.05) is 5.32 Å². The lowest BCUT2D eigenvalue weighted by molar-refractivity contribution is -0.385. The van der Waals surface area contributed by atoms with Crippen molar-refractivity contribution in [1.29, 1.82) is 0 Å². The van der Waals surface area contributed by atoms with Crippen LogP contribution in [-0.4, -0.2) is 33.0 Å². The third-order valence-electron chi connectivity index (χ3n) is 3.72. The molecule has 25 heavy (non-hydrogen) atoms. The number of para-hydroxylation sites is 1. The lowest BCUT2D eigenvalue weighted by Crippen LogP contribution is -2.32. The number of nitrogens with zero attached hydrogens (tertiary/aromatic N) is 2. The minimum atomic E-state index is -0.764. The summed E-state index contributed by atoms with van der Waals surface area (Å²) in [5.74, 6) is -1.10. The molecule has 2 rings (SSSR count). The van der Waals surface area contributed by atoms with Gasteiger partial charge in [0.25, 0.3) is 11.8 Å². The van der Waals surface area contributed by atoms with Crippen LogP contribution < -0.4 is 10.6 Å². The molecule has 0 spiro atoms. The summed E-state index contributed by atoms with van der Waals surface area (Å²) >= 11 is 0. The normalized spacial score (nSPS) is 11.6. The Morgan fingerprint density at radius 1 is 1.32 bits per heavy atom. The minimum absolute atomic E-state index is 0.0219. The van der Waals surface area contributed by atoms with Crippen molar-refractivity contribution in [3.63, 3.8) is 0 Å². The van der Waals surface area contributed by atoms with Gasteiger partial charge in [-0.1, -0.05) is 19.1 Å². The molecule has 2 aromatic rings. The fourth-order valence-electron chi connectivity index (χ4n) is 2.18. The molecule has 1 atom stereocenters. The summed E-state index contributed by atoms with van der Waals surface area (Å²) in [5, 5.41) is 22.5. The smallest absolute Gasteiger partial charge is 0.322 e. The number of hydrogen-bond acceptors (Lipinski definition) is 5. The number of carbonyl (C=O) groups is 2. The Labute approximate surface area is 144 Å². The average molecular weight is 345 g/mol. The van der Waals surface area contributed by atoms with Gasteiger partial charge in [0.15, 0.2) is 0 Å². The molecule has 0 saturated carbocycles. The third-order valence-corrected chi connectivity index (χ3v) is 3.72. The highest BCUT2D eigenvalue weighted by Crippen LogP contribution is 2.22. The molecule has 1 heterocycles. The van der Waals surface area contributed by atoms with E-state index in [0.29, 0.717) is 0 Å². The second kappa shape index (κ2) is 7.56. The van der Waals surface area contributed by atoms with Crippen molar-refractivity contribution >= 4 is 23.2 Å². The summed E-state index contributed by atoms with van der Waals surface area (Å²) in [4.78, 5) is 35.1. The van der Waals surface area contributed by atoms with Gasteiger partial charge in [0, 0.05) is 6.04 Å². The van der Waals surface area contributed by atoms with Gasteiger partial charge in [-0.15, -0.1) is 0 Å². The van der Waals surface area contributed by atoms with Crippen LogP contribution in [0.4, 0.5) is 11.4 Å². The number of nitrogens with one attached hydrogen (secondary N) is 3. The molecule has 9 heteroatoms. The quantitative estimate of drug-likeness (QED) is 0.547. The molecule has 2 amide bonds. The molecule has 0 aliphatic rings. The van der Waals surface area contributed by atoms with Gasteiger partial charge in [-0.2, -0.15) is 5.10 Å². The maximum Gasteiger partial charge on any atom is 0.322 e. The molecule has 0 saturated heterocycles. The van der Waals surface area contributed by atoms with E-state index in [9.17, 15) is 19.7 Å². The molecule has 0 fully saturated rings. The zero-order chi connectivity index (χ0) is 18.6. The summed E-state index contributed by atoms with van der Waals surface area (Å²) < 4.78 is 0. The van der Waals surface area contributed by atoms with E-state index in [1.165, 1.54) is 6.92 Å². The van der Waals surface area contributed by atoms with Crippen LogP contribution >= 0.6 is 0 Å². The molecular weight excluding hydrogens is 326 g/mol. The van der Waals surface area contributed by atoms with Crippen LogP contribution in [0.3, 0.4) is 0 Å². The molecular formula is C16H19N5O4. The first-order valence-electron chi connectivity index (χ1n) is 7.75.